The molecule has 1 aliphatic rings. The summed E-state index contributed by atoms with van der Waals surface area (Å²) in [6.07, 6.45) is 2.38. The fourth-order valence-electron chi connectivity index (χ4n) is 3.65. The lowest BCUT2D eigenvalue weighted by Gasteiger charge is -2.15. The first-order chi connectivity index (χ1) is 13.6. The Kier molecular flexibility index (Phi) is 6.57. The van der Waals surface area contributed by atoms with Gasteiger partial charge in [0.1, 0.15) is 0 Å². The van der Waals surface area contributed by atoms with Crippen molar-refractivity contribution in [3.8, 4) is 11.3 Å². The standard InChI is InChI=1S/C19H23N5O.CH2O2/c1-13-7-17(22-21-13)8-15-10-24(12-18(15)25)11-16-9-20-23-19(16)14-5-3-2-4-6-14;2-1-3/h2-7,9,15,18,25H,8,10-12H2,1H3,(H,20,23)(H,21,22);1H,(H,2,3)/t15-,18-;/m1./s1. The number of β-amino-alcohol motifs (C(OH)–C–C–N with tert-alkyl or cyclic N) is 1. The predicted octanol–water partition coefficient (Wildman–Crippen LogP) is 1.84. The van der Waals surface area contributed by atoms with Gasteiger partial charge < -0.3 is 10.2 Å². The second-order valence-corrected chi connectivity index (χ2v) is 7.01. The highest BCUT2D eigenvalue weighted by molar-refractivity contribution is 5.62. The molecule has 0 saturated carbocycles. The number of nitrogens with zero attached hydrogens (tertiary/aromatic N) is 3. The van der Waals surface area contributed by atoms with E-state index in [0.29, 0.717) is 6.54 Å². The van der Waals surface area contributed by atoms with Crippen molar-refractivity contribution in [1.29, 1.82) is 0 Å². The zero-order valence-electron chi connectivity index (χ0n) is 15.7. The number of aromatic nitrogens is 4. The highest BCUT2D eigenvalue weighted by Gasteiger charge is 2.32. The van der Waals surface area contributed by atoms with Crippen molar-refractivity contribution in [2.24, 2.45) is 5.92 Å². The lowest BCUT2D eigenvalue weighted by molar-refractivity contribution is -0.122. The molecule has 0 spiro atoms. The van der Waals surface area contributed by atoms with E-state index in [9.17, 15) is 5.11 Å². The Hall–Kier alpha value is -2.97. The summed E-state index contributed by atoms with van der Waals surface area (Å²) >= 11 is 0. The minimum absolute atomic E-state index is 0.217. The Morgan fingerprint density at radius 1 is 1.25 bits per heavy atom. The number of rotatable bonds is 5. The number of nitrogens with one attached hydrogen (secondary N) is 2. The van der Waals surface area contributed by atoms with Gasteiger partial charge in [-0.05, 0) is 25.0 Å². The molecule has 1 fully saturated rings. The number of carbonyl (C=O) groups is 1. The van der Waals surface area contributed by atoms with E-state index in [2.05, 4.69) is 43.5 Å². The molecule has 1 aliphatic heterocycles. The van der Waals surface area contributed by atoms with Gasteiger partial charge in [0, 0.05) is 36.8 Å². The third-order valence-corrected chi connectivity index (χ3v) is 4.89. The molecule has 2 aromatic heterocycles. The van der Waals surface area contributed by atoms with Crippen LogP contribution in [0, 0.1) is 12.8 Å². The van der Waals surface area contributed by atoms with Gasteiger partial charge in [-0.3, -0.25) is 19.9 Å². The second kappa shape index (κ2) is 9.29. The van der Waals surface area contributed by atoms with Gasteiger partial charge >= 0.3 is 0 Å². The molecule has 1 aromatic carbocycles. The highest BCUT2D eigenvalue weighted by atomic mass is 16.3. The summed E-state index contributed by atoms with van der Waals surface area (Å²) in [5, 5.41) is 31.9. The van der Waals surface area contributed by atoms with Gasteiger partial charge in [0.2, 0.25) is 0 Å². The van der Waals surface area contributed by atoms with Crippen molar-refractivity contribution in [2.45, 2.75) is 26.0 Å². The van der Waals surface area contributed by atoms with Crippen molar-refractivity contribution in [3.63, 3.8) is 0 Å². The second-order valence-electron chi connectivity index (χ2n) is 7.01. The smallest absolute Gasteiger partial charge is 0.290 e. The van der Waals surface area contributed by atoms with E-state index < -0.39 is 0 Å². The van der Waals surface area contributed by atoms with Crippen LogP contribution in [0.2, 0.25) is 0 Å². The van der Waals surface area contributed by atoms with E-state index in [-0.39, 0.29) is 18.5 Å². The molecule has 4 N–H and O–H groups in total. The maximum atomic E-state index is 10.4. The Bertz CT molecular complexity index is 877. The normalized spacial score (nSPS) is 19.2. The third kappa shape index (κ3) is 4.85. The van der Waals surface area contributed by atoms with Gasteiger partial charge in [0.05, 0.1) is 23.7 Å². The molecule has 8 heteroatoms. The molecular formula is C20H25N5O3. The van der Waals surface area contributed by atoms with Crippen LogP contribution in [0.15, 0.2) is 42.6 Å². The van der Waals surface area contributed by atoms with Crippen LogP contribution in [0.5, 0.6) is 0 Å². The molecule has 1 saturated heterocycles. The van der Waals surface area contributed by atoms with Gasteiger partial charge in [-0.25, -0.2) is 0 Å². The summed E-state index contributed by atoms with van der Waals surface area (Å²) in [5.74, 6) is 0.217. The van der Waals surface area contributed by atoms with Crippen LogP contribution >= 0.6 is 0 Å². The molecule has 148 valence electrons. The van der Waals surface area contributed by atoms with Crippen molar-refractivity contribution < 1.29 is 15.0 Å². The van der Waals surface area contributed by atoms with Gasteiger partial charge in [-0.15, -0.1) is 0 Å². The van der Waals surface area contributed by atoms with E-state index in [0.717, 1.165) is 47.7 Å². The van der Waals surface area contributed by atoms with E-state index in [1.807, 2.05) is 31.3 Å². The number of hydrogen-bond acceptors (Lipinski definition) is 5. The van der Waals surface area contributed by atoms with Crippen molar-refractivity contribution in [3.05, 3.63) is 59.5 Å². The fraction of sp³-hybridized carbons (Fsp3) is 0.350. The van der Waals surface area contributed by atoms with Crippen molar-refractivity contribution in [1.82, 2.24) is 25.3 Å². The number of H-pyrrole nitrogens is 2. The number of aliphatic hydroxyl groups is 1. The van der Waals surface area contributed by atoms with Crippen LogP contribution in [-0.4, -0.2) is 61.2 Å². The molecule has 8 nitrogen and oxygen atoms in total. The average Bonchev–Trinajstić information content (AvgIpc) is 3.39. The molecule has 4 rings (SSSR count). The molecule has 3 aromatic rings. The number of aryl methyl sites for hydroxylation is 1. The molecule has 28 heavy (non-hydrogen) atoms. The van der Waals surface area contributed by atoms with Gasteiger partial charge in [0.25, 0.3) is 6.47 Å². The van der Waals surface area contributed by atoms with E-state index in [1.165, 1.54) is 0 Å². The zero-order valence-corrected chi connectivity index (χ0v) is 15.7. The summed E-state index contributed by atoms with van der Waals surface area (Å²) in [6, 6.07) is 12.3. The van der Waals surface area contributed by atoms with E-state index in [4.69, 9.17) is 9.90 Å². The van der Waals surface area contributed by atoms with Crippen LogP contribution in [-0.2, 0) is 17.8 Å². The number of aliphatic hydroxyl groups excluding tert-OH is 1. The summed E-state index contributed by atoms with van der Waals surface area (Å²) in [6.45, 7) is 4.09. The number of likely N-dealkylation sites (tertiary alicyclic amines) is 1. The first-order valence-corrected chi connectivity index (χ1v) is 9.17. The molecule has 0 amide bonds. The van der Waals surface area contributed by atoms with Crippen LogP contribution in [0.4, 0.5) is 0 Å². The van der Waals surface area contributed by atoms with E-state index >= 15 is 0 Å². The number of aromatic amines is 2. The van der Waals surface area contributed by atoms with Crippen molar-refractivity contribution >= 4 is 6.47 Å². The van der Waals surface area contributed by atoms with Crippen LogP contribution < -0.4 is 0 Å². The molecule has 0 bridgehead atoms. The SMILES string of the molecule is Cc1cc(C[C@@H]2CN(Cc3cn[nH]c3-c3ccccc3)C[C@H]2O)n[nH]1.O=CO. The average molecular weight is 383 g/mol. The summed E-state index contributed by atoms with van der Waals surface area (Å²) in [7, 11) is 0. The van der Waals surface area contributed by atoms with Crippen LogP contribution in [0.1, 0.15) is 17.0 Å². The topological polar surface area (TPSA) is 118 Å². The highest BCUT2D eigenvalue weighted by Crippen LogP contribution is 2.26. The Morgan fingerprint density at radius 3 is 2.68 bits per heavy atom. The van der Waals surface area contributed by atoms with Gasteiger partial charge in [-0.1, -0.05) is 30.3 Å². The van der Waals surface area contributed by atoms with Gasteiger partial charge in [-0.2, -0.15) is 10.2 Å². The molecule has 2 atom stereocenters. The monoisotopic (exact) mass is 383 g/mol. The number of benzene rings is 1. The summed E-state index contributed by atoms with van der Waals surface area (Å²) in [5.41, 5.74) is 5.44. The molecule has 0 radical (unpaired) electrons. The first kappa shape index (κ1) is 19.8. The number of hydrogen-bond donors (Lipinski definition) is 4. The Labute approximate surface area is 163 Å². The minimum atomic E-state index is -0.316. The van der Waals surface area contributed by atoms with E-state index in [1.54, 1.807) is 0 Å². The quantitative estimate of drug-likeness (QED) is 0.499. The first-order valence-electron chi connectivity index (χ1n) is 9.17. The predicted molar refractivity (Wildman–Crippen MR) is 105 cm³/mol. The van der Waals surface area contributed by atoms with Gasteiger partial charge in [0.15, 0.2) is 0 Å². The van der Waals surface area contributed by atoms with Crippen LogP contribution in [0.3, 0.4) is 0 Å². The maximum Gasteiger partial charge on any atom is 0.290 e. The lowest BCUT2D eigenvalue weighted by Crippen LogP contribution is -2.21. The largest absolute Gasteiger partial charge is 0.483 e. The molecule has 3 heterocycles. The summed E-state index contributed by atoms with van der Waals surface area (Å²) in [4.78, 5) is 10.7. The molecule has 0 aliphatic carbocycles. The van der Waals surface area contributed by atoms with Crippen molar-refractivity contribution in [2.75, 3.05) is 13.1 Å². The molecule has 0 unspecified atom stereocenters. The number of carboxylic acid groups (broad SMARTS) is 1. The Balaban J connectivity index is 0.000000706. The maximum absolute atomic E-state index is 10.4. The Morgan fingerprint density at radius 2 is 2.00 bits per heavy atom. The molecular weight excluding hydrogens is 358 g/mol. The lowest BCUT2D eigenvalue weighted by atomic mass is 10.0. The summed E-state index contributed by atoms with van der Waals surface area (Å²) < 4.78 is 0. The zero-order chi connectivity index (χ0) is 19.9. The third-order valence-electron chi connectivity index (χ3n) is 4.89. The minimum Gasteiger partial charge on any atom is -0.483 e. The fourth-order valence-corrected chi connectivity index (χ4v) is 3.65. The van der Waals surface area contributed by atoms with Crippen LogP contribution in [0.25, 0.3) is 11.3 Å².